The van der Waals surface area contributed by atoms with Crippen LogP contribution in [0.25, 0.3) is 0 Å². The molecule has 0 aliphatic carbocycles. The van der Waals surface area contributed by atoms with E-state index in [2.05, 4.69) is 0 Å². The van der Waals surface area contributed by atoms with Crippen molar-refractivity contribution in [2.24, 2.45) is 0 Å². The number of hydrogen-bond donors (Lipinski definition) is 1. The second-order valence-electron chi connectivity index (χ2n) is 4.71. The molecule has 0 saturated carbocycles. The molecule has 0 bridgehead atoms. The van der Waals surface area contributed by atoms with Gasteiger partial charge in [0.25, 0.3) is 5.91 Å². The molecule has 2 nitrogen and oxygen atoms in total. The van der Waals surface area contributed by atoms with Crippen molar-refractivity contribution in [3.8, 4) is 0 Å². The first-order valence-electron chi connectivity index (χ1n) is 6.27. The first-order valence-corrected chi connectivity index (χ1v) is 6.27. The van der Waals surface area contributed by atoms with Gasteiger partial charge in [-0.2, -0.15) is 39.5 Å². The van der Waals surface area contributed by atoms with Crippen LogP contribution in [0.2, 0.25) is 0 Å². The minimum atomic E-state index is -7.08. The van der Waals surface area contributed by atoms with Crippen LogP contribution in [0.4, 0.5) is 39.5 Å². The van der Waals surface area contributed by atoms with Crippen LogP contribution in [0.5, 0.6) is 0 Å². The predicted molar refractivity (Wildman–Crippen MR) is 64.1 cm³/mol. The van der Waals surface area contributed by atoms with Crippen molar-refractivity contribution in [3.05, 3.63) is 35.9 Å². The monoisotopic (exact) mass is 367 g/mol. The number of halogens is 9. The van der Waals surface area contributed by atoms with Crippen LogP contribution < -0.4 is 5.32 Å². The van der Waals surface area contributed by atoms with Gasteiger partial charge in [0.15, 0.2) is 0 Å². The summed E-state index contributed by atoms with van der Waals surface area (Å²) in [5.74, 6) is -23.2. The first kappa shape index (κ1) is 20.1. The molecule has 1 aromatic carbocycles. The Bertz CT molecular complexity index is 569. The van der Waals surface area contributed by atoms with Crippen LogP contribution in [0.1, 0.15) is 5.56 Å². The lowest BCUT2D eigenvalue weighted by Gasteiger charge is -2.32. The highest BCUT2D eigenvalue weighted by Gasteiger charge is 2.83. The fourth-order valence-corrected chi connectivity index (χ4v) is 1.59. The summed E-state index contributed by atoms with van der Waals surface area (Å²) >= 11 is 0. The maximum absolute atomic E-state index is 13.2. The minimum Gasteiger partial charge on any atom is -0.350 e. The zero-order valence-electron chi connectivity index (χ0n) is 11.6. The molecule has 0 unspecified atom stereocenters. The fourth-order valence-electron chi connectivity index (χ4n) is 1.59. The van der Waals surface area contributed by atoms with Crippen LogP contribution >= 0.6 is 0 Å². The maximum atomic E-state index is 13.2. The summed E-state index contributed by atoms with van der Waals surface area (Å²) < 4.78 is 113. The van der Waals surface area contributed by atoms with Gasteiger partial charge in [-0.25, -0.2) is 0 Å². The number of hydrogen-bond acceptors (Lipinski definition) is 1. The van der Waals surface area contributed by atoms with E-state index in [0.717, 1.165) is 0 Å². The van der Waals surface area contributed by atoms with E-state index >= 15 is 0 Å². The molecule has 24 heavy (non-hydrogen) atoms. The average Bonchev–Trinajstić information content (AvgIpc) is 2.46. The third kappa shape index (κ3) is 3.59. The zero-order valence-corrected chi connectivity index (χ0v) is 11.6. The molecule has 0 heterocycles. The lowest BCUT2D eigenvalue weighted by atomic mass is 10.0. The van der Waals surface area contributed by atoms with E-state index in [4.69, 9.17) is 0 Å². The lowest BCUT2D eigenvalue weighted by Crippen LogP contribution is -2.65. The normalized spacial score (nSPS) is 13.7. The average molecular weight is 367 g/mol. The van der Waals surface area contributed by atoms with Crippen molar-refractivity contribution in [1.29, 1.82) is 0 Å². The molecule has 1 rings (SSSR count). The zero-order chi connectivity index (χ0) is 18.8. The number of amides is 1. The summed E-state index contributed by atoms with van der Waals surface area (Å²) in [5.41, 5.74) is 0.494. The Kier molecular flexibility index (Phi) is 5.46. The Labute approximate surface area is 129 Å². The number of nitrogens with one attached hydrogen (secondary N) is 1. The van der Waals surface area contributed by atoms with Crippen molar-refractivity contribution in [2.75, 3.05) is 6.54 Å². The van der Waals surface area contributed by atoms with Crippen LogP contribution in [0, 0.1) is 0 Å². The molecule has 0 saturated heterocycles. The van der Waals surface area contributed by atoms with E-state index in [9.17, 15) is 44.3 Å². The lowest BCUT2D eigenvalue weighted by molar-refractivity contribution is -0.388. The van der Waals surface area contributed by atoms with Crippen LogP contribution in [-0.2, 0) is 11.2 Å². The Balaban J connectivity index is 2.83. The molecular formula is C13H10F9NO. The quantitative estimate of drug-likeness (QED) is 0.762. The highest BCUT2D eigenvalue weighted by molar-refractivity contribution is 5.84. The van der Waals surface area contributed by atoms with E-state index in [-0.39, 0.29) is 6.42 Å². The van der Waals surface area contributed by atoms with Gasteiger partial charge in [-0.15, -0.1) is 0 Å². The number of carbonyl (C=O) groups is 1. The molecule has 11 heteroatoms. The summed E-state index contributed by atoms with van der Waals surface area (Å²) in [5, 5.41) is 1.23. The molecule has 1 aromatic rings. The third-order valence-electron chi connectivity index (χ3n) is 2.97. The minimum absolute atomic E-state index is 0.121. The molecule has 1 amide bonds. The Morgan fingerprint density at radius 2 is 1.33 bits per heavy atom. The van der Waals surface area contributed by atoms with Gasteiger partial charge in [0, 0.05) is 6.54 Å². The Hall–Kier alpha value is -1.94. The number of rotatable bonds is 6. The maximum Gasteiger partial charge on any atom is 0.460 e. The smallest absolute Gasteiger partial charge is 0.350 e. The van der Waals surface area contributed by atoms with Gasteiger partial charge in [0.1, 0.15) is 0 Å². The van der Waals surface area contributed by atoms with Crippen LogP contribution in [0.15, 0.2) is 30.3 Å². The van der Waals surface area contributed by atoms with Gasteiger partial charge >= 0.3 is 23.9 Å². The van der Waals surface area contributed by atoms with E-state index in [1.54, 1.807) is 18.2 Å². The van der Waals surface area contributed by atoms with Gasteiger partial charge in [-0.3, -0.25) is 4.79 Å². The summed E-state index contributed by atoms with van der Waals surface area (Å²) in [7, 11) is 0. The summed E-state index contributed by atoms with van der Waals surface area (Å²) in [6.45, 7) is -0.661. The highest BCUT2D eigenvalue weighted by Crippen LogP contribution is 2.53. The predicted octanol–water partition coefficient (Wildman–Crippen LogP) is 3.81. The molecule has 136 valence electrons. The van der Waals surface area contributed by atoms with Crippen LogP contribution in [0.3, 0.4) is 0 Å². The number of benzene rings is 1. The first-order chi connectivity index (χ1) is 10.7. The van der Waals surface area contributed by atoms with Crippen LogP contribution in [-0.4, -0.2) is 36.4 Å². The van der Waals surface area contributed by atoms with Gasteiger partial charge < -0.3 is 5.32 Å². The topological polar surface area (TPSA) is 29.1 Å². The molecule has 0 fully saturated rings. The van der Waals surface area contributed by atoms with Crippen molar-refractivity contribution in [3.63, 3.8) is 0 Å². The van der Waals surface area contributed by atoms with Gasteiger partial charge in [0.2, 0.25) is 0 Å². The SMILES string of the molecule is O=C(NCCc1ccccc1)C(F)(F)C(F)(F)C(F)(F)C(F)(F)F. The highest BCUT2D eigenvalue weighted by atomic mass is 19.4. The van der Waals surface area contributed by atoms with Crippen molar-refractivity contribution >= 4 is 5.91 Å². The summed E-state index contributed by atoms with van der Waals surface area (Å²) in [6.07, 6.45) is -7.08. The standard InChI is InChI=1S/C13H10F9NO/c14-10(15,11(16,17)12(18,19)13(20,21)22)9(24)23-7-6-8-4-2-1-3-5-8/h1-5H,6-7H2,(H,23,24). The molecule has 0 aliphatic rings. The Morgan fingerprint density at radius 3 is 1.79 bits per heavy atom. The van der Waals surface area contributed by atoms with E-state index in [1.165, 1.54) is 17.4 Å². The molecule has 1 N–H and O–H groups in total. The molecular weight excluding hydrogens is 357 g/mol. The molecule has 0 aliphatic heterocycles. The van der Waals surface area contributed by atoms with Gasteiger partial charge in [-0.1, -0.05) is 30.3 Å². The van der Waals surface area contributed by atoms with Crippen molar-refractivity contribution in [2.45, 2.75) is 30.4 Å². The van der Waals surface area contributed by atoms with E-state index < -0.39 is 36.4 Å². The van der Waals surface area contributed by atoms with Gasteiger partial charge in [0.05, 0.1) is 0 Å². The van der Waals surface area contributed by atoms with E-state index in [1.807, 2.05) is 0 Å². The van der Waals surface area contributed by atoms with Crippen molar-refractivity contribution < 1.29 is 44.3 Å². The molecule has 0 spiro atoms. The van der Waals surface area contributed by atoms with Crippen molar-refractivity contribution in [1.82, 2.24) is 5.32 Å². The Morgan fingerprint density at radius 1 is 0.833 bits per heavy atom. The fraction of sp³-hybridized carbons (Fsp3) is 0.462. The summed E-state index contributed by atoms with van der Waals surface area (Å²) in [6, 6.07) is 7.69. The summed E-state index contributed by atoms with van der Waals surface area (Å²) in [4.78, 5) is 11.0. The second kappa shape index (κ2) is 6.52. The molecule has 0 atom stereocenters. The largest absolute Gasteiger partial charge is 0.460 e. The number of alkyl halides is 9. The van der Waals surface area contributed by atoms with E-state index in [0.29, 0.717) is 5.56 Å². The second-order valence-corrected chi connectivity index (χ2v) is 4.71. The third-order valence-corrected chi connectivity index (χ3v) is 2.97. The van der Waals surface area contributed by atoms with Gasteiger partial charge in [-0.05, 0) is 12.0 Å². The molecule has 0 aromatic heterocycles. The number of carbonyl (C=O) groups excluding carboxylic acids is 1. The molecule has 0 radical (unpaired) electrons.